The van der Waals surface area contributed by atoms with Crippen LogP contribution in [0.3, 0.4) is 0 Å². The number of nitrogens with zero attached hydrogens (tertiary/aromatic N) is 3. The van der Waals surface area contributed by atoms with E-state index >= 15 is 0 Å². The lowest BCUT2D eigenvalue weighted by atomic mass is 10.1. The minimum Gasteiger partial charge on any atom is -0.394 e. The van der Waals surface area contributed by atoms with Crippen LogP contribution in [0, 0.1) is 6.92 Å². The van der Waals surface area contributed by atoms with Gasteiger partial charge in [0.05, 0.1) is 29.8 Å². The van der Waals surface area contributed by atoms with Crippen LogP contribution in [0.1, 0.15) is 27.7 Å². The maximum Gasteiger partial charge on any atom is 0.252 e. The Morgan fingerprint density at radius 2 is 2.08 bits per heavy atom. The average molecular weight is 345 g/mol. The van der Waals surface area contributed by atoms with Crippen LogP contribution in [0.5, 0.6) is 0 Å². The van der Waals surface area contributed by atoms with Crippen molar-refractivity contribution in [2.75, 3.05) is 6.61 Å². The lowest BCUT2D eigenvalue weighted by molar-refractivity contribution is 0.0917. The van der Waals surface area contributed by atoms with Gasteiger partial charge in [0.15, 0.2) is 5.65 Å². The van der Waals surface area contributed by atoms with Gasteiger partial charge < -0.3 is 10.4 Å². The molecule has 2 heterocycles. The number of carbonyl (C=O) groups is 1. The highest BCUT2D eigenvalue weighted by molar-refractivity contribution is 6.30. The van der Waals surface area contributed by atoms with E-state index in [-0.39, 0.29) is 12.5 Å². The average Bonchev–Trinajstić information content (AvgIpc) is 2.94. The fraction of sp³-hybridized carbons (Fsp3) is 0.235. The van der Waals surface area contributed by atoms with Gasteiger partial charge in [0.2, 0.25) is 0 Å². The van der Waals surface area contributed by atoms with Crippen molar-refractivity contribution in [2.24, 2.45) is 7.05 Å². The fourth-order valence-corrected chi connectivity index (χ4v) is 2.72. The van der Waals surface area contributed by atoms with Gasteiger partial charge in [-0.1, -0.05) is 23.7 Å². The van der Waals surface area contributed by atoms with Crippen LogP contribution >= 0.6 is 11.6 Å². The van der Waals surface area contributed by atoms with Gasteiger partial charge in [-0.25, -0.2) is 4.98 Å². The Hall–Kier alpha value is -2.44. The summed E-state index contributed by atoms with van der Waals surface area (Å²) in [7, 11) is 1.78. The number of aliphatic hydroxyl groups excluding tert-OH is 1. The molecule has 1 unspecified atom stereocenters. The molecule has 3 rings (SSSR count). The van der Waals surface area contributed by atoms with E-state index in [9.17, 15) is 9.90 Å². The second-order valence-electron chi connectivity index (χ2n) is 5.58. The molecule has 24 heavy (non-hydrogen) atoms. The lowest BCUT2D eigenvalue weighted by Gasteiger charge is -2.17. The summed E-state index contributed by atoms with van der Waals surface area (Å²) in [5.74, 6) is -0.285. The van der Waals surface area contributed by atoms with Crippen LogP contribution < -0.4 is 5.32 Å². The number of amides is 1. The predicted molar refractivity (Wildman–Crippen MR) is 92.0 cm³/mol. The smallest absolute Gasteiger partial charge is 0.252 e. The first kappa shape index (κ1) is 16.4. The second kappa shape index (κ2) is 6.59. The molecule has 2 N–H and O–H groups in total. The summed E-state index contributed by atoms with van der Waals surface area (Å²) in [4.78, 5) is 17.1. The third-order valence-electron chi connectivity index (χ3n) is 3.84. The highest BCUT2D eigenvalue weighted by Gasteiger charge is 2.19. The lowest BCUT2D eigenvalue weighted by Crippen LogP contribution is -2.31. The van der Waals surface area contributed by atoms with Crippen molar-refractivity contribution < 1.29 is 9.90 Å². The molecular weight excluding hydrogens is 328 g/mol. The number of hydrogen-bond donors (Lipinski definition) is 2. The Labute approximate surface area is 144 Å². The Morgan fingerprint density at radius 1 is 1.38 bits per heavy atom. The zero-order chi connectivity index (χ0) is 17.3. The van der Waals surface area contributed by atoms with Crippen molar-refractivity contribution >= 4 is 28.5 Å². The first-order valence-electron chi connectivity index (χ1n) is 7.46. The van der Waals surface area contributed by atoms with Gasteiger partial charge in [0.25, 0.3) is 5.91 Å². The van der Waals surface area contributed by atoms with E-state index < -0.39 is 6.04 Å². The number of nitrogens with one attached hydrogen (secondary N) is 1. The molecule has 0 aliphatic carbocycles. The molecule has 1 amide bonds. The van der Waals surface area contributed by atoms with E-state index in [4.69, 9.17) is 11.6 Å². The molecule has 0 saturated carbocycles. The third-order valence-corrected chi connectivity index (χ3v) is 4.09. The zero-order valence-electron chi connectivity index (χ0n) is 13.3. The monoisotopic (exact) mass is 344 g/mol. The van der Waals surface area contributed by atoms with Gasteiger partial charge in [-0.05, 0) is 30.7 Å². The molecule has 2 aromatic heterocycles. The Morgan fingerprint density at radius 3 is 2.75 bits per heavy atom. The standard InChI is InChI=1S/C17H17ClN4O2/c1-10-7-13(14-8-19-22(2)16(14)20-10)17(24)21-15(9-23)11-3-5-12(18)6-4-11/h3-8,15,23H,9H2,1-2H3,(H,21,24). The zero-order valence-corrected chi connectivity index (χ0v) is 14.1. The minimum atomic E-state index is -0.519. The number of aromatic nitrogens is 3. The van der Waals surface area contributed by atoms with Crippen molar-refractivity contribution in [3.8, 4) is 0 Å². The molecule has 0 fully saturated rings. The quantitative estimate of drug-likeness (QED) is 0.761. The maximum absolute atomic E-state index is 12.7. The van der Waals surface area contributed by atoms with Crippen molar-refractivity contribution in [1.29, 1.82) is 0 Å². The molecule has 1 atom stereocenters. The molecule has 124 valence electrons. The van der Waals surface area contributed by atoms with Crippen LogP contribution in [0.25, 0.3) is 11.0 Å². The second-order valence-corrected chi connectivity index (χ2v) is 6.01. The number of halogens is 1. The van der Waals surface area contributed by atoms with Crippen molar-refractivity contribution in [3.05, 3.63) is 58.4 Å². The van der Waals surface area contributed by atoms with Crippen molar-refractivity contribution in [3.63, 3.8) is 0 Å². The van der Waals surface area contributed by atoms with Gasteiger partial charge in [-0.3, -0.25) is 9.48 Å². The van der Waals surface area contributed by atoms with Crippen LogP contribution in [-0.2, 0) is 7.05 Å². The summed E-state index contributed by atoms with van der Waals surface area (Å²) in [6.07, 6.45) is 1.62. The molecular formula is C17H17ClN4O2. The molecule has 0 radical (unpaired) electrons. The summed E-state index contributed by atoms with van der Waals surface area (Å²) in [6, 6.07) is 8.20. The van der Waals surface area contributed by atoms with Crippen molar-refractivity contribution in [1.82, 2.24) is 20.1 Å². The number of carbonyl (C=O) groups excluding carboxylic acids is 1. The first-order valence-corrected chi connectivity index (χ1v) is 7.84. The van der Waals surface area contributed by atoms with Crippen LogP contribution in [-0.4, -0.2) is 32.4 Å². The first-order chi connectivity index (χ1) is 11.5. The minimum absolute atomic E-state index is 0.215. The summed E-state index contributed by atoms with van der Waals surface area (Å²) < 4.78 is 1.63. The van der Waals surface area contributed by atoms with Crippen LogP contribution in [0.15, 0.2) is 36.5 Å². The molecule has 0 spiro atoms. The molecule has 7 heteroatoms. The highest BCUT2D eigenvalue weighted by atomic mass is 35.5. The van der Waals surface area contributed by atoms with Crippen LogP contribution in [0.2, 0.25) is 5.02 Å². The summed E-state index contributed by atoms with van der Waals surface area (Å²) >= 11 is 5.88. The van der Waals surface area contributed by atoms with Gasteiger partial charge in [0.1, 0.15) is 0 Å². The van der Waals surface area contributed by atoms with E-state index in [1.54, 1.807) is 48.3 Å². The Bertz CT molecular complexity index is 889. The molecule has 0 saturated heterocycles. The van der Waals surface area contributed by atoms with E-state index in [1.165, 1.54) is 0 Å². The largest absolute Gasteiger partial charge is 0.394 e. The predicted octanol–water partition coefficient (Wildman–Crippen LogP) is 2.39. The van der Waals surface area contributed by atoms with E-state index in [0.29, 0.717) is 21.6 Å². The van der Waals surface area contributed by atoms with Gasteiger partial charge in [-0.15, -0.1) is 0 Å². The summed E-state index contributed by atoms with van der Waals surface area (Å²) in [6.45, 7) is 1.61. The number of pyridine rings is 1. The van der Waals surface area contributed by atoms with Crippen LogP contribution in [0.4, 0.5) is 0 Å². The molecule has 6 nitrogen and oxygen atoms in total. The summed E-state index contributed by atoms with van der Waals surface area (Å²) in [5.41, 5.74) is 2.64. The number of hydrogen-bond acceptors (Lipinski definition) is 4. The molecule has 1 aromatic carbocycles. The van der Waals surface area contributed by atoms with Gasteiger partial charge >= 0.3 is 0 Å². The SMILES string of the molecule is Cc1cc(C(=O)NC(CO)c2ccc(Cl)cc2)c2cnn(C)c2n1. The molecule has 0 aliphatic rings. The number of aliphatic hydroxyl groups is 1. The molecule has 0 bridgehead atoms. The third kappa shape index (κ3) is 3.11. The topological polar surface area (TPSA) is 80.0 Å². The van der Waals surface area contributed by atoms with E-state index in [1.807, 2.05) is 6.92 Å². The highest BCUT2D eigenvalue weighted by Crippen LogP contribution is 2.20. The van der Waals surface area contributed by atoms with Gasteiger partial charge in [0, 0.05) is 17.8 Å². The van der Waals surface area contributed by atoms with Gasteiger partial charge in [-0.2, -0.15) is 5.10 Å². The number of rotatable bonds is 4. The Balaban J connectivity index is 1.92. The van der Waals surface area contributed by atoms with E-state index in [2.05, 4.69) is 15.4 Å². The van der Waals surface area contributed by atoms with E-state index in [0.717, 1.165) is 11.3 Å². The molecule has 3 aromatic rings. The number of aryl methyl sites for hydroxylation is 2. The number of fused-ring (bicyclic) bond motifs is 1. The van der Waals surface area contributed by atoms with Crippen molar-refractivity contribution in [2.45, 2.75) is 13.0 Å². The number of benzene rings is 1. The normalized spacial score (nSPS) is 12.3. The summed E-state index contributed by atoms with van der Waals surface area (Å²) in [5, 5.41) is 17.9. The fourth-order valence-electron chi connectivity index (χ4n) is 2.59. The molecule has 0 aliphatic heterocycles. The Kier molecular flexibility index (Phi) is 4.51. The maximum atomic E-state index is 12.7.